The van der Waals surface area contributed by atoms with Gasteiger partial charge in [0.15, 0.2) is 0 Å². The predicted octanol–water partition coefficient (Wildman–Crippen LogP) is -1.28. The van der Waals surface area contributed by atoms with E-state index < -0.39 is 47.9 Å². The van der Waals surface area contributed by atoms with Gasteiger partial charge in [0.25, 0.3) is 0 Å². The van der Waals surface area contributed by atoms with Gasteiger partial charge < -0.3 is 31.8 Å². The highest BCUT2D eigenvalue weighted by molar-refractivity contribution is 7.80. The van der Waals surface area contributed by atoms with Gasteiger partial charge in [-0.2, -0.15) is 25.3 Å². The maximum Gasteiger partial charge on any atom is 0.327 e. The molecule has 1 aromatic rings. The maximum atomic E-state index is 12.8. The molecule has 3 amide bonds. The fraction of sp³-hybridized carbons (Fsp3) is 0.611. The third kappa shape index (κ3) is 9.19. The number of hydrogen-bond acceptors (Lipinski definition) is 8. The molecule has 0 aliphatic rings. The second-order valence-corrected chi connectivity index (χ2v) is 8.13. The number of carboxylic acids is 1. The van der Waals surface area contributed by atoms with Crippen LogP contribution in [0.25, 0.3) is 0 Å². The van der Waals surface area contributed by atoms with Crippen molar-refractivity contribution >= 4 is 48.9 Å². The molecule has 1 aromatic heterocycles. The molecule has 1 rings (SSSR count). The summed E-state index contributed by atoms with van der Waals surface area (Å²) in [6.07, 6.45) is 3.55. The van der Waals surface area contributed by atoms with Gasteiger partial charge in [-0.25, -0.2) is 9.78 Å². The number of nitrogens with two attached hydrogens (primary N) is 1. The molecular weight excluding hydrogens is 444 g/mol. The van der Waals surface area contributed by atoms with Gasteiger partial charge in [-0.05, 0) is 12.3 Å². The highest BCUT2D eigenvalue weighted by Gasteiger charge is 2.29. The topological polar surface area (TPSA) is 179 Å². The zero-order valence-corrected chi connectivity index (χ0v) is 19.2. The minimum Gasteiger partial charge on any atom is -0.480 e. The molecule has 174 valence electrons. The first-order chi connectivity index (χ1) is 14.6. The Kier molecular flexibility index (Phi) is 11.4. The highest BCUT2D eigenvalue weighted by Crippen LogP contribution is 2.07. The molecule has 0 saturated heterocycles. The van der Waals surface area contributed by atoms with E-state index in [0.29, 0.717) is 12.1 Å². The van der Waals surface area contributed by atoms with E-state index in [1.807, 2.05) is 13.8 Å². The van der Waals surface area contributed by atoms with E-state index in [-0.39, 0.29) is 23.8 Å². The van der Waals surface area contributed by atoms with Gasteiger partial charge >= 0.3 is 5.97 Å². The molecule has 0 bridgehead atoms. The molecule has 11 nitrogen and oxygen atoms in total. The number of imidazole rings is 1. The van der Waals surface area contributed by atoms with Crippen molar-refractivity contribution in [3.63, 3.8) is 0 Å². The molecule has 13 heteroatoms. The highest BCUT2D eigenvalue weighted by atomic mass is 32.1. The Morgan fingerprint density at radius 3 is 2.06 bits per heavy atom. The van der Waals surface area contributed by atoms with Crippen LogP contribution in [0.1, 0.15) is 26.0 Å². The molecule has 0 fully saturated rings. The predicted molar refractivity (Wildman–Crippen MR) is 121 cm³/mol. The van der Waals surface area contributed by atoms with E-state index in [0.717, 1.165) is 0 Å². The Morgan fingerprint density at radius 2 is 1.58 bits per heavy atom. The van der Waals surface area contributed by atoms with Crippen molar-refractivity contribution in [3.8, 4) is 0 Å². The molecule has 7 N–H and O–H groups in total. The Hall–Kier alpha value is -2.25. The van der Waals surface area contributed by atoms with Crippen molar-refractivity contribution in [1.82, 2.24) is 25.9 Å². The van der Waals surface area contributed by atoms with Gasteiger partial charge in [-0.3, -0.25) is 14.4 Å². The summed E-state index contributed by atoms with van der Waals surface area (Å²) in [4.78, 5) is 55.4. The molecular formula is C18H30N6O5S2. The lowest BCUT2D eigenvalue weighted by molar-refractivity contribution is -0.141. The third-order valence-corrected chi connectivity index (χ3v) is 5.01. The molecule has 4 unspecified atom stereocenters. The van der Waals surface area contributed by atoms with E-state index in [4.69, 9.17) is 10.8 Å². The lowest BCUT2D eigenvalue weighted by atomic mass is 10.0. The Bertz CT molecular complexity index is 746. The minimum absolute atomic E-state index is 0.0590. The fourth-order valence-electron chi connectivity index (χ4n) is 2.63. The second-order valence-electron chi connectivity index (χ2n) is 7.40. The zero-order valence-electron chi connectivity index (χ0n) is 17.4. The van der Waals surface area contributed by atoms with Crippen molar-refractivity contribution < 1.29 is 24.3 Å². The molecule has 0 aliphatic heterocycles. The summed E-state index contributed by atoms with van der Waals surface area (Å²) in [5.74, 6) is -3.21. The summed E-state index contributed by atoms with van der Waals surface area (Å²) in [5.41, 5.74) is 6.61. The van der Waals surface area contributed by atoms with Crippen LogP contribution in [-0.2, 0) is 25.6 Å². The summed E-state index contributed by atoms with van der Waals surface area (Å²) in [6, 6.07) is -4.14. The summed E-state index contributed by atoms with van der Waals surface area (Å²) < 4.78 is 0. The smallest absolute Gasteiger partial charge is 0.327 e. The van der Waals surface area contributed by atoms with Gasteiger partial charge in [0.1, 0.15) is 18.1 Å². The lowest BCUT2D eigenvalue weighted by Crippen LogP contribution is -2.58. The van der Waals surface area contributed by atoms with Crippen LogP contribution in [0.5, 0.6) is 0 Å². The van der Waals surface area contributed by atoms with Crippen LogP contribution in [0, 0.1) is 5.92 Å². The van der Waals surface area contributed by atoms with Crippen molar-refractivity contribution in [3.05, 3.63) is 18.2 Å². The minimum atomic E-state index is -1.25. The summed E-state index contributed by atoms with van der Waals surface area (Å²) in [5, 5.41) is 16.5. The number of carboxylic acid groups (broad SMARTS) is 1. The largest absolute Gasteiger partial charge is 0.480 e. The van der Waals surface area contributed by atoms with E-state index in [9.17, 15) is 19.2 Å². The fourth-order valence-corrected chi connectivity index (χ4v) is 3.14. The van der Waals surface area contributed by atoms with E-state index in [1.54, 1.807) is 6.20 Å². The normalized spacial score (nSPS) is 14.9. The Morgan fingerprint density at radius 1 is 1.03 bits per heavy atom. The average molecular weight is 475 g/mol. The molecule has 31 heavy (non-hydrogen) atoms. The SMILES string of the molecule is CC(C)CC(NC(=O)C(N)Cc1cnc[nH]1)C(=O)NC(CS)C(=O)NC(CS)C(=O)O. The van der Waals surface area contributed by atoms with E-state index in [1.165, 1.54) is 6.33 Å². The number of aromatic amines is 1. The number of aliphatic carboxylic acids is 1. The van der Waals surface area contributed by atoms with Crippen LogP contribution in [-0.4, -0.2) is 74.4 Å². The number of H-pyrrole nitrogens is 1. The standard InChI is InChI=1S/C18H30N6O5S2/c1-9(2)3-12(22-15(25)11(19)4-10-5-20-8-21-10)16(26)23-13(6-30)17(27)24-14(7-31)18(28)29/h5,8-9,11-14,30-31H,3-4,6-7,19H2,1-2H3,(H,20,21)(H,22,25)(H,23,26)(H,24,27)(H,28,29). The molecule has 1 heterocycles. The number of thiol groups is 2. The van der Waals surface area contributed by atoms with Gasteiger partial charge in [0, 0.05) is 29.8 Å². The number of hydrogen-bond donors (Lipinski definition) is 8. The van der Waals surface area contributed by atoms with Gasteiger partial charge in [0.05, 0.1) is 12.4 Å². The number of carbonyl (C=O) groups excluding carboxylic acids is 3. The van der Waals surface area contributed by atoms with Crippen LogP contribution < -0.4 is 21.7 Å². The van der Waals surface area contributed by atoms with Crippen LogP contribution in [0.2, 0.25) is 0 Å². The van der Waals surface area contributed by atoms with E-state index >= 15 is 0 Å². The van der Waals surface area contributed by atoms with Crippen LogP contribution in [0.3, 0.4) is 0 Å². The van der Waals surface area contributed by atoms with Gasteiger partial charge in [-0.15, -0.1) is 0 Å². The number of amides is 3. The first kappa shape index (κ1) is 26.8. The number of nitrogens with one attached hydrogen (secondary N) is 4. The molecule has 0 radical (unpaired) electrons. The molecule has 4 atom stereocenters. The van der Waals surface area contributed by atoms with Crippen molar-refractivity contribution in [2.75, 3.05) is 11.5 Å². The molecule has 0 aromatic carbocycles. The van der Waals surface area contributed by atoms with E-state index in [2.05, 4.69) is 51.2 Å². The first-order valence-corrected chi connectivity index (χ1v) is 10.9. The average Bonchev–Trinajstić information content (AvgIpc) is 3.21. The van der Waals surface area contributed by atoms with Crippen molar-refractivity contribution in [1.29, 1.82) is 0 Å². The van der Waals surface area contributed by atoms with Crippen LogP contribution in [0.15, 0.2) is 12.5 Å². The number of rotatable bonds is 13. The summed E-state index contributed by atoms with van der Waals surface area (Å²) in [6.45, 7) is 3.76. The van der Waals surface area contributed by atoms with Crippen molar-refractivity contribution in [2.45, 2.75) is 50.9 Å². The zero-order chi connectivity index (χ0) is 23.6. The number of carbonyl (C=O) groups is 4. The third-order valence-electron chi connectivity index (χ3n) is 4.28. The Balaban J connectivity index is 2.79. The van der Waals surface area contributed by atoms with Crippen LogP contribution >= 0.6 is 25.3 Å². The Labute approximate surface area is 191 Å². The second kappa shape index (κ2) is 13.2. The lowest BCUT2D eigenvalue weighted by Gasteiger charge is -2.25. The van der Waals surface area contributed by atoms with Crippen LogP contribution in [0.4, 0.5) is 0 Å². The van der Waals surface area contributed by atoms with Gasteiger partial charge in [0.2, 0.25) is 17.7 Å². The summed E-state index contributed by atoms with van der Waals surface area (Å²) >= 11 is 7.95. The number of nitrogens with zero attached hydrogens (tertiary/aromatic N) is 1. The molecule has 0 saturated carbocycles. The molecule has 0 aliphatic carbocycles. The molecule has 0 spiro atoms. The van der Waals surface area contributed by atoms with Crippen molar-refractivity contribution in [2.24, 2.45) is 11.7 Å². The maximum absolute atomic E-state index is 12.8. The summed E-state index contributed by atoms with van der Waals surface area (Å²) in [7, 11) is 0. The first-order valence-electron chi connectivity index (χ1n) is 9.67. The monoisotopic (exact) mass is 474 g/mol. The van der Waals surface area contributed by atoms with Gasteiger partial charge in [-0.1, -0.05) is 13.8 Å². The quantitative estimate of drug-likeness (QED) is 0.164. The number of aromatic nitrogens is 2.